The van der Waals surface area contributed by atoms with Crippen molar-refractivity contribution in [3.63, 3.8) is 0 Å². The second-order valence-electron chi connectivity index (χ2n) is 9.63. The number of alkyl halides is 3. The number of benzene rings is 1. The maximum Gasteiger partial charge on any atom is 0.408 e. The molecule has 1 aromatic rings. The van der Waals surface area contributed by atoms with Crippen LogP contribution in [0.2, 0.25) is 0 Å². The molecule has 2 fully saturated rings. The van der Waals surface area contributed by atoms with E-state index in [0.29, 0.717) is 12.8 Å². The second kappa shape index (κ2) is 9.96. The van der Waals surface area contributed by atoms with Crippen LogP contribution >= 0.6 is 0 Å². The third-order valence-corrected chi connectivity index (χ3v) is 7.23. The molecule has 9 heteroatoms. The van der Waals surface area contributed by atoms with Crippen molar-refractivity contribution in [2.75, 3.05) is 6.54 Å². The molecular weight excluding hydrogens is 453 g/mol. The van der Waals surface area contributed by atoms with Gasteiger partial charge in [-0.25, -0.2) is 8.78 Å². The summed E-state index contributed by atoms with van der Waals surface area (Å²) in [6.07, 6.45) is -0.770. The molecule has 0 bridgehead atoms. The van der Waals surface area contributed by atoms with Gasteiger partial charge in [0.15, 0.2) is 0 Å². The molecule has 2 unspecified atom stereocenters. The average Bonchev–Trinajstić information content (AvgIpc) is 3.37. The SMILES string of the molecule is C=CN=N/C(=C\C1[C@H](C(C)C)CC[C@]1(C)C(=O)N1CCCC1C(F)(F)F)c1c(F)cccc1F. The van der Waals surface area contributed by atoms with Crippen molar-refractivity contribution in [1.82, 2.24) is 4.90 Å². The summed E-state index contributed by atoms with van der Waals surface area (Å²) in [6.45, 7) is 9.06. The lowest BCUT2D eigenvalue weighted by molar-refractivity contribution is -0.187. The number of nitrogens with zero attached hydrogens (tertiary/aromatic N) is 3. The molecule has 0 spiro atoms. The third kappa shape index (κ3) is 4.93. The molecule has 2 aliphatic rings. The lowest BCUT2D eigenvalue weighted by atomic mass is 9.72. The van der Waals surface area contributed by atoms with Crippen LogP contribution in [0.25, 0.3) is 5.70 Å². The molecule has 0 N–H and O–H groups in total. The average molecular weight is 484 g/mol. The van der Waals surface area contributed by atoms with E-state index in [0.717, 1.165) is 23.2 Å². The van der Waals surface area contributed by atoms with Gasteiger partial charge in [-0.1, -0.05) is 39.5 Å². The summed E-state index contributed by atoms with van der Waals surface area (Å²) in [4.78, 5) is 14.6. The van der Waals surface area contributed by atoms with Gasteiger partial charge in [-0.2, -0.15) is 23.4 Å². The first-order valence-corrected chi connectivity index (χ1v) is 11.5. The normalized spacial score (nSPS) is 28.3. The Balaban J connectivity index is 2.12. The second-order valence-corrected chi connectivity index (χ2v) is 9.63. The minimum Gasteiger partial charge on any atom is -0.330 e. The molecule has 186 valence electrons. The van der Waals surface area contributed by atoms with Gasteiger partial charge in [0.1, 0.15) is 17.7 Å². The number of allylic oxidation sites excluding steroid dienone is 1. The Kier molecular flexibility index (Phi) is 7.62. The maximum atomic E-state index is 14.6. The van der Waals surface area contributed by atoms with Crippen LogP contribution in [0.15, 0.2) is 47.3 Å². The third-order valence-electron chi connectivity index (χ3n) is 7.23. The zero-order valence-electron chi connectivity index (χ0n) is 19.6. The zero-order valence-corrected chi connectivity index (χ0v) is 19.6. The molecule has 0 radical (unpaired) electrons. The number of carbonyl (C=O) groups is 1. The van der Waals surface area contributed by atoms with E-state index < -0.39 is 46.7 Å². The molecule has 1 saturated heterocycles. The predicted octanol–water partition coefficient (Wildman–Crippen LogP) is 7.14. The largest absolute Gasteiger partial charge is 0.408 e. The van der Waals surface area contributed by atoms with Gasteiger partial charge < -0.3 is 4.90 Å². The summed E-state index contributed by atoms with van der Waals surface area (Å²) >= 11 is 0. The Bertz CT molecular complexity index is 967. The lowest BCUT2D eigenvalue weighted by Gasteiger charge is -2.38. The van der Waals surface area contributed by atoms with E-state index in [1.165, 1.54) is 12.1 Å². The van der Waals surface area contributed by atoms with Crippen molar-refractivity contribution in [3.8, 4) is 0 Å². The van der Waals surface area contributed by atoms with Crippen LogP contribution in [0, 0.1) is 34.8 Å². The van der Waals surface area contributed by atoms with E-state index >= 15 is 0 Å². The predicted molar refractivity (Wildman–Crippen MR) is 119 cm³/mol. The Hall–Kier alpha value is -2.58. The first kappa shape index (κ1) is 26.0. The summed E-state index contributed by atoms with van der Waals surface area (Å²) in [7, 11) is 0. The fourth-order valence-electron chi connectivity index (χ4n) is 5.45. The fourth-order valence-corrected chi connectivity index (χ4v) is 5.45. The number of likely N-dealkylation sites (tertiary alicyclic amines) is 1. The van der Waals surface area contributed by atoms with Gasteiger partial charge >= 0.3 is 6.18 Å². The smallest absolute Gasteiger partial charge is 0.330 e. The summed E-state index contributed by atoms with van der Waals surface area (Å²) < 4.78 is 70.1. The highest BCUT2D eigenvalue weighted by atomic mass is 19.4. The van der Waals surface area contributed by atoms with Gasteiger partial charge in [0.05, 0.1) is 16.7 Å². The summed E-state index contributed by atoms with van der Waals surface area (Å²) in [6, 6.07) is 1.59. The van der Waals surface area contributed by atoms with Crippen molar-refractivity contribution >= 4 is 11.6 Å². The van der Waals surface area contributed by atoms with Crippen molar-refractivity contribution in [1.29, 1.82) is 0 Å². The molecule has 1 aromatic carbocycles. The number of azo groups is 1. The van der Waals surface area contributed by atoms with Crippen molar-refractivity contribution < 1.29 is 26.7 Å². The van der Waals surface area contributed by atoms with Crippen LogP contribution in [0.4, 0.5) is 22.0 Å². The maximum absolute atomic E-state index is 14.6. The van der Waals surface area contributed by atoms with E-state index in [1.807, 2.05) is 13.8 Å². The highest BCUT2D eigenvalue weighted by Gasteiger charge is 2.56. The van der Waals surface area contributed by atoms with Gasteiger partial charge in [0.25, 0.3) is 0 Å². The number of rotatable bonds is 6. The standard InChI is InChI=1S/C25H30F5N3O/c1-5-31-32-20(22-18(26)8-6-9-19(22)27)14-17-16(15(2)3)11-12-24(17,4)23(34)33-13-7-10-21(33)25(28,29)30/h5-6,8-9,14-17,21H,1,7,10-13H2,2-4H3/b20-14-,32-31?/t16-,17?,21?,24-/m0/s1. The summed E-state index contributed by atoms with van der Waals surface area (Å²) in [5, 5.41) is 7.65. The Morgan fingerprint density at radius 2 is 1.88 bits per heavy atom. The Morgan fingerprint density at radius 1 is 1.24 bits per heavy atom. The van der Waals surface area contributed by atoms with Crippen LogP contribution < -0.4 is 0 Å². The van der Waals surface area contributed by atoms with Crippen LogP contribution in [0.1, 0.15) is 52.0 Å². The Labute approximate surface area is 196 Å². The summed E-state index contributed by atoms with van der Waals surface area (Å²) in [5.41, 5.74) is -1.69. The van der Waals surface area contributed by atoms with E-state index in [9.17, 15) is 26.7 Å². The highest BCUT2D eigenvalue weighted by molar-refractivity contribution is 5.84. The molecule has 1 heterocycles. The Morgan fingerprint density at radius 3 is 2.44 bits per heavy atom. The molecule has 1 aliphatic carbocycles. The number of halogens is 5. The molecule has 4 atom stereocenters. The van der Waals surface area contributed by atoms with E-state index in [-0.39, 0.29) is 36.9 Å². The lowest BCUT2D eigenvalue weighted by Crippen LogP contribution is -2.51. The van der Waals surface area contributed by atoms with Gasteiger partial charge in [-0.3, -0.25) is 4.79 Å². The molecule has 34 heavy (non-hydrogen) atoms. The molecule has 3 rings (SSSR count). The molecule has 1 amide bonds. The van der Waals surface area contributed by atoms with Crippen LogP contribution in [-0.2, 0) is 4.79 Å². The monoisotopic (exact) mass is 483 g/mol. The minimum atomic E-state index is -4.51. The number of hydrogen-bond acceptors (Lipinski definition) is 3. The van der Waals surface area contributed by atoms with Crippen LogP contribution in [-0.4, -0.2) is 29.6 Å². The van der Waals surface area contributed by atoms with E-state index in [4.69, 9.17) is 0 Å². The van der Waals surface area contributed by atoms with Gasteiger partial charge in [-0.05, 0) is 55.6 Å². The number of amides is 1. The van der Waals surface area contributed by atoms with Crippen molar-refractivity contribution in [3.05, 3.63) is 54.3 Å². The van der Waals surface area contributed by atoms with Crippen molar-refractivity contribution in [2.24, 2.45) is 33.4 Å². The fraction of sp³-hybridized carbons (Fsp3) is 0.560. The van der Waals surface area contributed by atoms with Gasteiger partial charge in [-0.15, -0.1) is 0 Å². The first-order chi connectivity index (χ1) is 15.9. The quantitative estimate of drug-likeness (QED) is 0.313. The molecule has 1 aliphatic heterocycles. The molecule has 1 saturated carbocycles. The van der Waals surface area contributed by atoms with Crippen LogP contribution in [0.5, 0.6) is 0 Å². The highest BCUT2D eigenvalue weighted by Crippen LogP contribution is 2.53. The topological polar surface area (TPSA) is 45.0 Å². The van der Waals surface area contributed by atoms with Gasteiger partial charge in [0.2, 0.25) is 5.91 Å². The van der Waals surface area contributed by atoms with E-state index in [1.54, 1.807) is 6.92 Å². The van der Waals surface area contributed by atoms with Crippen LogP contribution in [0.3, 0.4) is 0 Å². The number of carbonyl (C=O) groups excluding carboxylic acids is 1. The summed E-state index contributed by atoms with van der Waals surface area (Å²) in [5.74, 6) is -2.88. The molecule has 4 nitrogen and oxygen atoms in total. The zero-order chi connectivity index (χ0) is 25.3. The van der Waals surface area contributed by atoms with Crippen molar-refractivity contribution in [2.45, 2.75) is 58.7 Å². The first-order valence-electron chi connectivity index (χ1n) is 11.5. The van der Waals surface area contributed by atoms with E-state index in [2.05, 4.69) is 16.8 Å². The molecular formula is C25H30F5N3O. The van der Waals surface area contributed by atoms with Gasteiger partial charge in [0, 0.05) is 12.7 Å². The minimum absolute atomic E-state index is 0.0341. The molecule has 0 aromatic heterocycles. The number of hydrogen-bond donors (Lipinski definition) is 0.